The van der Waals surface area contributed by atoms with Crippen molar-refractivity contribution >= 4 is 17.5 Å². The van der Waals surface area contributed by atoms with Crippen LogP contribution in [0.15, 0.2) is 47.0 Å². The number of ether oxygens (including phenoxy) is 1. The van der Waals surface area contributed by atoms with E-state index in [1.54, 1.807) is 30.3 Å². The highest BCUT2D eigenvalue weighted by atomic mass is 16.5. The molecule has 0 aliphatic carbocycles. The minimum absolute atomic E-state index is 0.249. The SMILES string of the molecule is COc1ccc(C(N)=O)cc1NC(=O)c1ccccc1-c1nc(C(C)(C)C)no1. The van der Waals surface area contributed by atoms with Gasteiger partial charge in [-0.2, -0.15) is 4.98 Å². The lowest BCUT2D eigenvalue weighted by Crippen LogP contribution is -2.16. The average Bonchev–Trinajstić information content (AvgIpc) is 3.18. The second-order valence-corrected chi connectivity index (χ2v) is 7.45. The number of amides is 2. The molecule has 0 aliphatic heterocycles. The highest BCUT2D eigenvalue weighted by molar-refractivity contribution is 6.09. The number of nitrogens with zero attached hydrogens (tertiary/aromatic N) is 2. The number of aromatic nitrogens is 2. The average molecular weight is 394 g/mol. The van der Waals surface area contributed by atoms with Crippen LogP contribution in [-0.2, 0) is 5.41 Å². The monoisotopic (exact) mass is 394 g/mol. The van der Waals surface area contributed by atoms with E-state index in [9.17, 15) is 9.59 Å². The van der Waals surface area contributed by atoms with Crippen LogP contribution in [0.2, 0.25) is 0 Å². The van der Waals surface area contributed by atoms with Gasteiger partial charge in [-0.25, -0.2) is 0 Å². The maximum Gasteiger partial charge on any atom is 0.258 e. The van der Waals surface area contributed by atoms with Crippen LogP contribution >= 0.6 is 0 Å². The number of hydrogen-bond donors (Lipinski definition) is 2. The molecule has 29 heavy (non-hydrogen) atoms. The first-order chi connectivity index (χ1) is 13.7. The zero-order valence-corrected chi connectivity index (χ0v) is 16.6. The molecule has 3 rings (SSSR count). The third kappa shape index (κ3) is 4.26. The molecule has 150 valence electrons. The van der Waals surface area contributed by atoms with Gasteiger partial charge in [-0.15, -0.1) is 0 Å². The fraction of sp³-hybridized carbons (Fsp3) is 0.238. The van der Waals surface area contributed by atoms with Crippen molar-refractivity contribution in [1.29, 1.82) is 0 Å². The van der Waals surface area contributed by atoms with Crippen LogP contribution < -0.4 is 15.8 Å². The number of carbonyl (C=O) groups is 2. The van der Waals surface area contributed by atoms with Gasteiger partial charge >= 0.3 is 0 Å². The van der Waals surface area contributed by atoms with Gasteiger partial charge in [0.15, 0.2) is 5.82 Å². The molecule has 1 aromatic heterocycles. The molecule has 2 amide bonds. The first kappa shape index (κ1) is 20.1. The lowest BCUT2D eigenvalue weighted by Gasteiger charge is -2.12. The number of methoxy groups -OCH3 is 1. The Kier molecular flexibility index (Phi) is 5.36. The zero-order chi connectivity index (χ0) is 21.2. The Morgan fingerprint density at radius 1 is 1.14 bits per heavy atom. The predicted octanol–water partition coefficient (Wildman–Crippen LogP) is 3.39. The summed E-state index contributed by atoms with van der Waals surface area (Å²) < 4.78 is 10.7. The van der Waals surface area contributed by atoms with Crippen molar-refractivity contribution < 1.29 is 18.8 Å². The standard InChI is InChI=1S/C21H22N4O4/c1-21(2,3)20-24-19(29-25-20)14-8-6-5-7-13(14)18(27)23-15-11-12(17(22)26)9-10-16(15)28-4/h5-11H,1-4H3,(H2,22,26)(H,23,27). The van der Waals surface area contributed by atoms with E-state index >= 15 is 0 Å². The van der Waals surface area contributed by atoms with Crippen molar-refractivity contribution in [2.24, 2.45) is 5.73 Å². The van der Waals surface area contributed by atoms with Crippen molar-refractivity contribution in [3.8, 4) is 17.2 Å². The van der Waals surface area contributed by atoms with Crippen LogP contribution in [0, 0.1) is 0 Å². The molecular formula is C21H22N4O4. The third-order valence-corrected chi connectivity index (χ3v) is 4.23. The summed E-state index contributed by atoms with van der Waals surface area (Å²) in [6, 6.07) is 11.4. The molecule has 0 fully saturated rings. The summed E-state index contributed by atoms with van der Waals surface area (Å²) >= 11 is 0. The van der Waals surface area contributed by atoms with E-state index in [0.29, 0.717) is 28.4 Å². The number of carbonyl (C=O) groups excluding carboxylic acids is 2. The van der Waals surface area contributed by atoms with Crippen LogP contribution in [0.5, 0.6) is 5.75 Å². The number of nitrogens with two attached hydrogens (primary N) is 1. The van der Waals surface area contributed by atoms with Gasteiger partial charge in [0.25, 0.3) is 11.8 Å². The molecule has 0 aliphatic rings. The molecule has 0 spiro atoms. The summed E-state index contributed by atoms with van der Waals surface area (Å²) in [5.41, 5.74) is 6.45. The molecule has 0 unspecified atom stereocenters. The number of primary amides is 1. The number of nitrogens with one attached hydrogen (secondary N) is 1. The van der Waals surface area contributed by atoms with E-state index < -0.39 is 11.8 Å². The third-order valence-electron chi connectivity index (χ3n) is 4.23. The smallest absolute Gasteiger partial charge is 0.258 e. The van der Waals surface area contributed by atoms with E-state index in [2.05, 4.69) is 15.5 Å². The first-order valence-electron chi connectivity index (χ1n) is 8.93. The molecule has 3 N–H and O–H groups in total. The molecule has 0 radical (unpaired) electrons. The van der Waals surface area contributed by atoms with Gasteiger partial charge in [-0.1, -0.05) is 38.1 Å². The van der Waals surface area contributed by atoms with Crippen molar-refractivity contribution in [2.45, 2.75) is 26.2 Å². The van der Waals surface area contributed by atoms with Crippen molar-refractivity contribution in [3.05, 3.63) is 59.4 Å². The molecule has 8 heteroatoms. The maximum absolute atomic E-state index is 13.0. The summed E-state index contributed by atoms with van der Waals surface area (Å²) in [6.45, 7) is 5.91. The highest BCUT2D eigenvalue weighted by Gasteiger charge is 2.24. The molecule has 0 atom stereocenters. The highest BCUT2D eigenvalue weighted by Crippen LogP contribution is 2.29. The molecule has 8 nitrogen and oxygen atoms in total. The Balaban J connectivity index is 1.97. The minimum atomic E-state index is -0.607. The predicted molar refractivity (Wildman–Crippen MR) is 108 cm³/mol. The first-order valence-corrected chi connectivity index (χ1v) is 8.93. The van der Waals surface area contributed by atoms with Gasteiger partial charge in [-0.05, 0) is 30.3 Å². The molecular weight excluding hydrogens is 372 g/mol. The molecule has 2 aromatic carbocycles. The van der Waals surface area contributed by atoms with Crippen molar-refractivity contribution in [2.75, 3.05) is 12.4 Å². The molecule has 0 bridgehead atoms. The van der Waals surface area contributed by atoms with Crippen LogP contribution in [0.1, 0.15) is 47.3 Å². The van der Waals surface area contributed by atoms with Gasteiger partial charge in [0.1, 0.15) is 5.75 Å². The van der Waals surface area contributed by atoms with Gasteiger partial charge in [0, 0.05) is 11.0 Å². The van der Waals surface area contributed by atoms with E-state index in [1.165, 1.54) is 19.2 Å². The normalized spacial score (nSPS) is 11.2. The summed E-state index contributed by atoms with van der Waals surface area (Å²) in [4.78, 5) is 28.9. The Morgan fingerprint density at radius 3 is 2.48 bits per heavy atom. The molecule has 0 saturated heterocycles. The van der Waals surface area contributed by atoms with Crippen molar-refractivity contribution in [3.63, 3.8) is 0 Å². The summed E-state index contributed by atoms with van der Waals surface area (Å²) in [5, 5.41) is 6.78. The number of benzene rings is 2. The summed E-state index contributed by atoms with van der Waals surface area (Å²) in [7, 11) is 1.47. The Hall–Kier alpha value is -3.68. The van der Waals surface area contributed by atoms with E-state index in [-0.39, 0.29) is 16.9 Å². The fourth-order valence-corrected chi connectivity index (χ4v) is 2.65. The number of hydrogen-bond acceptors (Lipinski definition) is 6. The zero-order valence-electron chi connectivity index (χ0n) is 16.6. The Bertz CT molecular complexity index is 1070. The second kappa shape index (κ2) is 7.75. The lowest BCUT2D eigenvalue weighted by atomic mass is 9.96. The largest absolute Gasteiger partial charge is 0.495 e. The van der Waals surface area contributed by atoms with Crippen LogP contribution in [0.4, 0.5) is 5.69 Å². The summed E-state index contributed by atoms with van der Waals surface area (Å²) in [5.74, 6) is 0.158. The van der Waals surface area contributed by atoms with Gasteiger partial charge < -0.3 is 20.3 Å². The topological polar surface area (TPSA) is 120 Å². The molecule has 3 aromatic rings. The summed E-state index contributed by atoms with van der Waals surface area (Å²) in [6.07, 6.45) is 0. The Morgan fingerprint density at radius 2 is 1.86 bits per heavy atom. The quantitative estimate of drug-likeness (QED) is 0.684. The number of rotatable bonds is 5. The van der Waals surface area contributed by atoms with E-state index in [0.717, 1.165) is 0 Å². The Labute approximate surface area is 168 Å². The van der Waals surface area contributed by atoms with Crippen molar-refractivity contribution in [1.82, 2.24) is 10.1 Å². The maximum atomic E-state index is 13.0. The number of anilines is 1. The van der Waals surface area contributed by atoms with E-state index in [4.69, 9.17) is 15.0 Å². The van der Waals surface area contributed by atoms with Crippen LogP contribution in [0.25, 0.3) is 11.5 Å². The van der Waals surface area contributed by atoms with Gasteiger partial charge in [0.05, 0.1) is 23.9 Å². The van der Waals surface area contributed by atoms with Gasteiger partial charge in [0.2, 0.25) is 5.91 Å². The fourth-order valence-electron chi connectivity index (χ4n) is 2.65. The van der Waals surface area contributed by atoms with E-state index in [1.807, 2.05) is 20.8 Å². The van der Waals surface area contributed by atoms with Crippen LogP contribution in [-0.4, -0.2) is 29.1 Å². The molecule has 1 heterocycles. The van der Waals surface area contributed by atoms with Crippen LogP contribution in [0.3, 0.4) is 0 Å². The van der Waals surface area contributed by atoms with Gasteiger partial charge in [-0.3, -0.25) is 9.59 Å². The molecule has 0 saturated carbocycles. The lowest BCUT2D eigenvalue weighted by molar-refractivity contribution is 0.0996. The second-order valence-electron chi connectivity index (χ2n) is 7.45. The minimum Gasteiger partial charge on any atom is -0.495 e.